The molecule has 1 aromatic heterocycles. The molecule has 0 aliphatic rings. The van der Waals surface area contributed by atoms with Crippen molar-refractivity contribution in [1.29, 1.82) is 0 Å². The van der Waals surface area contributed by atoms with Gasteiger partial charge in [-0.2, -0.15) is 5.10 Å². The molecule has 0 aliphatic heterocycles. The molecule has 0 radical (unpaired) electrons. The largest absolute Gasteiger partial charge is 0.480 e. The van der Waals surface area contributed by atoms with E-state index in [9.17, 15) is 9.59 Å². The molecular weight excluding hydrogens is 303 g/mol. The van der Waals surface area contributed by atoms with E-state index >= 15 is 0 Å². The van der Waals surface area contributed by atoms with Crippen molar-refractivity contribution in [2.45, 2.75) is 13.0 Å². The van der Waals surface area contributed by atoms with Gasteiger partial charge in [0.2, 0.25) is 0 Å². The number of hydrogen-bond acceptors (Lipinski definition) is 3. The number of halogens is 1. The van der Waals surface area contributed by atoms with Crippen LogP contribution >= 0.6 is 22.6 Å². The lowest BCUT2D eigenvalue weighted by molar-refractivity contribution is -0.140. The first-order valence-corrected chi connectivity index (χ1v) is 4.72. The fourth-order valence-corrected chi connectivity index (χ4v) is 1.45. The van der Waals surface area contributed by atoms with Crippen molar-refractivity contribution >= 4 is 34.5 Å². The second-order valence-electron chi connectivity index (χ2n) is 2.63. The Morgan fingerprint density at radius 1 is 1.57 bits per heavy atom. The van der Waals surface area contributed by atoms with E-state index in [1.807, 2.05) is 0 Å². The van der Waals surface area contributed by atoms with E-state index in [0.717, 1.165) is 4.68 Å². The molecule has 14 heavy (non-hydrogen) atoms. The van der Waals surface area contributed by atoms with Crippen LogP contribution in [0.3, 0.4) is 0 Å². The zero-order valence-electron chi connectivity index (χ0n) is 7.14. The van der Waals surface area contributed by atoms with Crippen LogP contribution in [-0.4, -0.2) is 31.9 Å². The second kappa shape index (κ2) is 3.95. The number of nitrogens with zero attached hydrogens (tertiary/aromatic N) is 2. The van der Waals surface area contributed by atoms with Crippen LogP contribution in [-0.2, 0) is 4.79 Å². The Hall–Kier alpha value is -1.12. The maximum atomic E-state index is 10.6. The summed E-state index contributed by atoms with van der Waals surface area (Å²) in [5, 5.41) is 21.0. The highest BCUT2D eigenvalue weighted by molar-refractivity contribution is 14.1. The zero-order valence-corrected chi connectivity index (χ0v) is 9.30. The smallest absolute Gasteiger partial charge is 0.357 e. The number of rotatable bonds is 3. The van der Waals surface area contributed by atoms with E-state index < -0.39 is 18.0 Å². The van der Waals surface area contributed by atoms with Crippen LogP contribution in [0.4, 0.5) is 0 Å². The summed E-state index contributed by atoms with van der Waals surface area (Å²) in [4.78, 5) is 21.2. The summed E-state index contributed by atoms with van der Waals surface area (Å²) in [6, 6.07) is -0.864. The van der Waals surface area contributed by atoms with Gasteiger partial charge in [-0.25, -0.2) is 9.59 Å². The van der Waals surface area contributed by atoms with E-state index in [1.54, 1.807) is 22.6 Å². The summed E-state index contributed by atoms with van der Waals surface area (Å²) < 4.78 is 1.54. The van der Waals surface area contributed by atoms with Crippen molar-refractivity contribution in [3.63, 3.8) is 0 Å². The van der Waals surface area contributed by atoms with Gasteiger partial charge in [0.25, 0.3) is 0 Å². The molecule has 1 rings (SSSR count). The van der Waals surface area contributed by atoms with Crippen LogP contribution in [0.2, 0.25) is 0 Å². The summed E-state index contributed by atoms with van der Waals surface area (Å²) in [5.41, 5.74) is -0.126. The Kier molecular flexibility index (Phi) is 3.09. The molecule has 0 saturated carbocycles. The number of aliphatic carboxylic acids is 1. The second-order valence-corrected chi connectivity index (χ2v) is 3.79. The number of aromatic nitrogens is 2. The van der Waals surface area contributed by atoms with Crippen LogP contribution in [0.15, 0.2) is 6.20 Å². The number of carbonyl (C=O) groups is 2. The third-order valence-corrected chi connectivity index (χ3v) is 2.43. The summed E-state index contributed by atoms with van der Waals surface area (Å²) in [5.74, 6) is -2.22. The molecule has 76 valence electrons. The van der Waals surface area contributed by atoms with Gasteiger partial charge in [0.15, 0.2) is 5.69 Å². The molecule has 0 spiro atoms. The molecule has 1 atom stereocenters. The number of carboxylic acid groups (broad SMARTS) is 2. The van der Waals surface area contributed by atoms with Crippen LogP contribution in [0, 0.1) is 3.57 Å². The van der Waals surface area contributed by atoms with Gasteiger partial charge in [0, 0.05) is 6.20 Å². The predicted octanol–water partition coefficient (Wildman–Crippen LogP) is 0.832. The Morgan fingerprint density at radius 3 is 2.50 bits per heavy atom. The molecule has 1 aromatic rings. The minimum atomic E-state index is -1.16. The fourth-order valence-electron chi connectivity index (χ4n) is 0.826. The Morgan fingerprint density at radius 2 is 2.14 bits per heavy atom. The average molecular weight is 310 g/mol. The van der Waals surface area contributed by atoms with Gasteiger partial charge >= 0.3 is 11.9 Å². The highest BCUT2D eigenvalue weighted by Gasteiger charge is 2.19. The Balaban J connectivity index is 3.08. The SMILES string of the molecule is CC(C(=O)O)n1cc(I)c(C(=O)O)n1. The van der Waals surface area contributed by atoms with Crippen LogP contribution in [0.1, 0.15) is 23.5 Å². The van der Waals surface area contributed by atoms with Crippen molar-refractivity contribution in [2.24, 2.45) is 0 Å². The van der Waals surface area contributed by atoms with E-state index in [0.29, 0.717) is 3.57 Å². The Labute approximate surface area is 92.7 Å². The summed E-state index contributed by atoms with van der Waals surface area (Å²) >= 11 is 1.80. The average Bonchev–Trinajstić information content (AvgIpc) is 2.45. The molecule has 0 aromatic carbocycles. The third-order valence-electron chi connectivity index (χ3n) is 1.64. The molecule has 1 heterocycles. The van der Waals surface area contributed by atoms with Gasteiger partial charge in [0.1, 0.15) is 6.04 Å². The molecule has 0 bridgehead atoms. The lowest BCUT2D eigenvalue weighted by atomic mass is 10.4. The Bertz CT molecular complexity index is 387. The van der Waals surface area contributed by atoms with Crippen LogP contribution in [0.25, 0.3) is 0 Å². The van der Waals surface area contributed by atoms with Crippen molar-refractivity contribution in [2.75, 3.05) is 0 Å². The van der Waals surface area contributed by atoms with Gasteiger partial charge < -0.3 is 10.2 Å². The highest BCUT2D eigenvalue weighted by atomic mass is 127. The van der Waals surface area contributed by atoms with Gasteiger partial charge in [-0.05, 0) is 29.5 Å². The minimum Gasteiger partial charge on any atom is -0.480 e. The van der Waals surface area contributed by atoms with Gasteiger partial charge in [-0.3, -0.25) is 4.68 Å². The number of aromatic carboxylic acids is 1. The van der Waals surface area contributed by atoms with Crippen LogP contribution in [0.5, 0.6) is 0 Å². The summed E-state index contributed by atoms with van der Waals surface area (Å²) in [6.45, 7) is 1.43. The first-order chi connectivity index (χ1) is 6.43. The van der Waals surface area contributed by atoms with Gasteiger partial charge in [0.05, 0.1) is 3.57 Å². The lowest BCUT2D eigenvalue weighted by Gasteiger charge is -2.04. The maximum absolute atomic E-state index is 10.6. The molecule has 2 N–H and O–H groups in total. The molecule has 1 unspecified atom stereocenters. The van der Waals surface area contributed by atoms with E-state index in [1.165, 1.54) is 13.1 Å². The first kappa shape index (κ1) is 11.0. The first-order valence-electron chi connectivity index (χ1n) is 3.64. The molecular formula is C7H7IN2O4. The predicted molar refractivity (Wildman–Crippen MR) is 54.3 cm³/mol. The van der Waals surface area contributed by atoms with E-state index in [4.69, 9.17) is 10.2 Å². The number of carboxylic acids is 2. The molecule has 0 saturated heterocycles. The number of hydrogen-bond donors (Lipinski definition) is 2. The maximum Gasteiger partial charge on any atom is 0.357 e. The van der Waals surface area contributed by atoms with Crippen molar-refractivity contribution < 1.29 is 19.8 Å². The summed E-state index contributed by atoms with van der Waals surface area (Å²) in [7, 11) is 0. The molecule has 7 heteroatoms. The molecule has 0 aliphatic carbocycles. The fraction of sp³-hybridized carbons (Fsp3) is 0.286. The molecule has 6 nitrogen and oxygen atoms in total. The van der Waals surface area contributed by atoms with Gasteiger partial charge in [-0.15, -0.1) is 0 Å². The quantitative estimate of drug-likeness (QED) is 0.807. The standard InChI is InChI=1S/C7H7IN2O4/c1-3(6(11)12)10-2-4(8)5(9-10)7(13)14/h2-3H,1H3,(H,11,12)(H,13,14). The molecule has 0 amide bonds. The van der Waals surface area contributed by atoms with E-state index in [-0.39, 0.29) is 5.69 Å². The van der Waals surface area contributed by atoms with Crippen molar-refractivity contribution in [1.82, 2.24) is 9.78 Å². The molecule has 0 fully saturated rings. The monoisotopic (exact) mass is 310 g/mol. The van der Waals surface area contributed by atoms with Crippen molar-refractivity contribution in [3.05, 3.63) is 15.5 Å². The normalized spacial score (nSPS) is 12.4. The van der Waals surface area contributed by atoms with Crippen LogP contribution < -0.4 is 0 Å². The third kappa shape index (κ3) is 2.03. The van der Waals surface area contributed by atoms with E-state index in [2.05, 4.69) is 5.10 Å². The van der Waals surface area contributed by atoms with Gasteiger partial charge in [-0.1, -0.05) is 0 Å². The zero-order chi connectivity index (χ0) is 10.9. The lowest BCUT2D eigenvalue weighted by Crippen LogP contribution is -2.16. The minimum absolute atomic E-state index is 0.126. The topological polar surface area (TPSA) is 92.4 Å². The summed E-state index contributed by atoms with van der Waals surface area (Å²) in [6.07, 6.45) is 1.39. The van der Waals surface area contributed by atoms with Crippen molar-refractivity contribution in [3.8, 4) is 0 Å². The highest BCUT2D eigenvalue weighted by Crippen LogP contribution is 2.13.